The Morgan fingerprint density at radius 3 is 2.52 bits per heavy atom. The molecule has 25 heavy (non-hydrogen) atoms. The third-order valence-corrected chi connectivity index (χ3v) is 7.26. The van der Waals surface area contributed by atoms with Gasteiger partial charge in [0.2, 0.25) is 0 Å². The van der Waals surface area contributed by atoms with Gasteiger partial charge in [-0.2, -0.15) is 0 Å². The lowest BCUT2D eigenvalue weighted by atomic mass is 10.1. The van der Waals surface area contributed by atoms with Gasteiger partial charge in [0.05, 0.1) is 6.26 Å². The molecule has 1 atom stereocenters. The maximum Gasteiger partial charge on any atom is 0.251 e. The van der Waals surface area contributed by atoms with Crippen molar-refractivity contribution in [3.8, 4) is 0 Å². The SMILES string of the molecule is Cc1ccc(C(=O)NCC(c2ccco2)S(=O)(=O)c2cccs2)cc1. The highest BCUT2D eigenvalue weighted by Gasteiger charge is 2.32. The van der Waals surface area contributed by atoms with Crippen molar-refractivity contribution in [2.24, 2.45) is 0 Å². The monoisotopic (exact) mass is 375 g/mol. The molecule has 0 bridgehead atoms. The summed E-state index contributed by atoms with van der Waals surface area (Å²) in [4.78, 5) is 12.3. The Hall–Kier alpha value is -2.38. The molecule has 0 radical (unpaired) electrons. The Bertz CT molecular complexity index is 928. The smallest absolute Gasteiger partial charge is 0.251 e. The summed E-state index contributed by atoms with van der Waals surface area (Å²) in [6.45, 7) is 1.86. The summed E-state index contributed by atoms with van der Waals surface area (Å²) in [7, 11) is -3.66. The first kappa shape index (κ1) is 17.4. The van der Waals surface area contributed by atoms with Crippen LogP contribution in [-0.4, -0.2) is 20.9 Å². The third kappa shape index (κ3) is 3.83. The summed E-state index contributed by atoms with van der Waals surface area (Å²) in [5, 5.41) is 3.43. The van der Waals surface area contributed by atoms with Crippen LogP contribution in [0.5, 0.6) is 0 Å². The second kappa shape index (κ2) is 7.25. The van der Waals surface area contributed by atoms with Crippen LogP contribution in [0.2, 0.25) is 0 Å². The number of benzene rings is 1. The van der Waals surface area contributed by atoms with E-state index < -0.39 is 15.1 Å². The zero-order valence-corrected chi connectivity index (χ0v) is 15.1. The van der Waals surface area contributed by atoms with Gasteiger partial charge in [0.1, 0.15) is 15.2 Å². The maximum absolute atomic E-state index is 12.9. The summed E-state index contributed by atoms with van der Waals surface area (Å²) in [6.07, 6.45) is 1.42. The normalized spacial score (nSPS) is 12.7. The number of aryl methyl sites for hydroxylation is 1. The Morgan fingerprint density at radius 1 is 1.16 bits per heavy atom. The quantitative estimate of drug-likeness (QED) is 0.714. The topological polar surface area (TPSA) is 76.4 Å². The number of carbonyl (C=O) groups is 1. The van der Waals surface area contributed by atoms with Gasteiger partial charge in [0.15, 0.2) is 9.84 Å². The van der Waals surface area contributed by atoms with Crippen LogP contribution in [0.1, 0.15) is 26.9 Å². The Morgan fingerprint density at radius 2 is 1.92 bits per heavy atom. The largest absolute Gasteiger partial charge is 0.468 e. The average Bonchev–Trinajstić information content (AvgIpc) is 3.29. The van der Waals surface area contributed by atoms with Gasteiger partial charge in [-0.25, -0.2) is 8.42 Å². The summed E-state index contributed by atoms with van der Waals surface area (Å²) in [5.41, 5.74) is 1.53. The first-order valence-electron chi connectivity index (χ1n) is 7.64. The van der Waals surface area contributed by atoms with E-state index in [-0.39, 0.29) is 16.7 Å². The summed E-state index contributed by atoms with van der Waals surface area (Å²) >= 11 is 1.15. The highest BCUT2D eigenvalue weighted by Crippen LogP contribution is 2.31. The second-order valence-electron chi connectivity index (χ2n) is 5.56. The van der Waals surface area contributed by atoms with Crippen LogP contribution in [0.3, 0.4) is 0 Å². The molecule has 0 aliphatic rings. The standard InChI is InChI=1S/C18H17NO4S2/c1-13-6-8-14(9-7-13)18(20)19-12-16(15-4-2-10-23-15)25(21,22)17-5-3-11-24-17/h2-11,16H,12H2,1H3,(H,19,20). The number of sulfone groups is 1. The molecule has 3 rings (SSSR count). The van der Waals surface area contributed by atoms with Gasteiger partial charge in [0, 0.05) is 12.1 Å². The van der Waals surface area contributed by atoms with Gasteiger partial charge in [-0.05, 0) is 42.6 Å². The van der Waals surface area contributed by atoms with Crippen molar-refractivity contribution in [3.63, 3.8) is 0 Å². The van der Waals surface area contributed by atoms with E-state index >= 15 is 0 Å². The number of nitrogens with one attached hydrogen (secondary N) is 1. The van der Waals surface area contributed by atoms with E-state index in [9.17, 15) is 13.2 Å². The average molecular weight is 375 g/mol. The predicted octanol–water partition coefficient (Wildman–Crippen LogP) is 3.59. The fourth-order valence-electron chi connectivity index (χ4n) is 2.40. The first-order valence-corrected chi connectivity index (χ1v) is 10.1. The molecule has 130 valence electrons. The Balaban J connectivity index is 1.82. The minimum absolute atomic E-state index is 0.0690. The summed E-state index contributed by atoms with van der Waals surface area (Å²) < 4.78 is 31.3. The fraction of sp³-hybridized carbons (Fsp3) is 0.167. The molecule has 2 heterocycles. The molecule has 0 saturated heterocycles. The molecule has 0 saturated carbocycles. The van der Waals surface area contributed by atoms with Crippen LogP contribution in [-0.2, 0) is 9.84 Å². The number of hydrogen-bond donors (Lipinski definition) is 1. The van der Waals surface area contributed by atoms with E-state index in [1.807, 2.05) is 19.1 Å². The van der Waals surface area contributed by atoms with Gasteiger partial charge in [0.25, 0.3) is 5.91 Å². The van der Waals surface area contributed by atoms with Crippen molar-refractivity contribution in [1.82, 2.24) is 5.32 Å². The van der Waals surface area contributed by atoms with E-state index in [4.69, 9.17) is 4.42 Å². The molecule has 1 amide bonds. The van der Waals surface area contributed by atoms with Crippen LogP contribution < -0.4 is 5.32 Å². The number of carbonyl (C=O) groups excluding carboxylic acids is 1. The molecule has 2 aromatic heterocycles. The summed E-state index contributed by atoms with van der Waals surface area (Å²) in [6, 6.07) is 13.6. The van der Waals surface area contributed by atoms with Crippen molar-refractivity contribution in [2.45, 2.75) is 16.4 Å². The Kier molecular flexibility index (Phi) is 5.06. The van der Waals surface area contributed by atoms with E-state index in [0.717, 1.165) is 16.9 Å². The molecule has 1 N–H and O–H groups in total. The molecule has 3 aromatic rings. The number of rotatable bonds is 6. The molecular formula is C18H17NO4S2. The van der Waals surface area contributed by atoms with Gasteiger partial charge in [-0.3, -0.25) is 4.79 Å². The predicted molar refractivity (Wildman–Crippen MR) is 96.5 cm³/mol. The molecule has 1 unspecified atom stereocenters. The molecule has 1 aromatic carbocycles. The van der Waals surface area contributed by atoms with Gasteiger partial charge in [-0.1, -0.05) is 23.8 Å². The molecular weight excluding hydrogens is 358 g/mol. The van der Waals surface area contributed by atoms with E-state index in [1.54, 1.807) is 41.8 Å². The van der Waals surface area contributed by atoms with Crippen molar-refractivity contribution in [3.05, 3.63) is 77.1 Å². The van der Waals surface area contributed by atoms with E-state index in [1.165, 1.54) is 6.26 Å². The van der Waals surface area contributed by atoms with Crippen molar-refractivity contribution in [1.29, 1.82) is 0 Å². The summed E-state index contributed by atoms with van der Waals surface area (Å²) in [5.74, 6) is -0.0180. The number of furan rings is 1. The highest BCUT2D eigenvalue weighted by atomic mass is 32.2. The third-order valence-electron chi connectivity index (χ3n) is 3.77. The molecule has 0 aliphatic carbocycles. The maximum atomic E-state index is 12.9. The number of amides is 1. The number of hydrogen-bond acceptors (Lipinski definition) is 5. The van der Waals surface area contributed by atoms with Gasteiger partial charge < -0.3 is 9.73 Å². The molecule has 5 nitrogen and oxygen atoms in total. The van der Waals surface area contributed by atoms with Gasteiger partial charge in [-0.15, -0.1) is 11.3 Å². The van der Waals surface area contributed by atoms with Crippen LogP contribution in [0.4, 0.5) is 0 Å². The van der Waals surface area contributed by atoms with E-state index in [2.05, 4.69) is 5.32 Å². The fourth-order valence-corrected chi connectivity index (χ4v) is 5.19. The lowest BCUT2D eigenvalue weighted by molar-refractivity contribution is 0.0953. The molecule has 7 heteroatoms. The van der Waals surface area contributed by atoms with Crippen molar-refractivity contribution < 1.29 is 17.6 Å². The second-order valence-corrected chi connectivity index (χ2v) is 8.86. The lowest BCUT2D eigenvalue weighted by Gasteiger charge is -2.15. The highest BCUT2D eigenvalue weighted by molar-refractivity contribution is 7.93. The zero-order chi connectivity index (χ0) is 17.9. The molecule has 0 fully saturated rings. The van der Waals surface area contributed by atoms with Crippen LogP contribution >= 0.6 is 11.3 Å². The Labute approximate surface area is 150 Å². The van der Waals surface area contributed by atoms with Crippen LogP contribution in [0.25, 0.3) is 0 Å². The number of thiophene rings is 1. The molecule has 0 aliphatic heterocycles. The van der Waals surface area contributed by atoms with Gasteiger partial charge >= 0.3 is 0 Å². The first-order chi connectivity index (χ1) is 12.0. The minimum atomic E-state index is -3.66. The van der Waals surface area contributed by atoms with Crippen molar-refractivity contribution >= 4 is 27.1 Å². The zero-order valence-electron chi connectivity index (χ0n) is 13.5. The van der Waals surface area contributed by atoms with E-state index in [0.29, 0.717) is 11.3 Å². The van der Waals surface area contributed by atoms with Crippen LogP contribution in [0, 0.1) is 6.92 Å². The van der Waals surface area contributed by atoms with Crippen molar-refractivity contribution in [2.75, 3.05) is 6.54 Å². The molecule has 0 spiro atoms. The lowest BCUT2D eigenvalue weighted by Crippen LogP contribution is -2.31. The van der Waals surface area contributed by atoms with Crippen LogP contribution in [0.15, 0.2) is 68.8 Å². The minimum Gasteiger partial charge on any atom is -0.468 e.